The Bertz CT molecular complexity index is 318. The van der Waals surface area contributed by atoms with Gasteiger partial charge in [-0.25, -0.2) is 4.79 Å². The molecule has 4 nitrogen and oxygen atoms in total. The lowest BCUT2D eigenvalue weighted by Gasteiger charge is -2.12. The van der Waals surface area contributed by atoms with Crippen LogP contribution in [0.5, 0.6) is 0 Å². The Hall–Kier alpha value is -1.39. The highest BCUT2D eigenvalue weighted by Crippen LogP contribution is 2.19. The Morgan fingerprint density at radius 2 is 1.80 bits per heavy atom. The number of carbonyl (C=O) groups is 1. The normalized spacial score (nSPS) is 12.4. The summed E-state index contributed by atoms with van der Waals surface area (Å²) in [5.41, 5.74) is 1.07. The van der Waals surface area contributed by atoms with Crippen molar-refractivity contribution in [3.05, 3.63) is 35.4 Å². The number of aromatic carboxylic acids is 1. The van der Waals surface area contributed by atoms with E-state index in [2.05, 4.69) is 0 Å². The van der Waals surface area contributed by atoms with Crippen molar-refractivity contribution in [3.63, 3.8) is 0 Å². The van der Waals surface area contributed by atoms with Crippen LogP contribution >= 0.6 is 0 Å². The highest BCUT2D eigenvalue weighted by atomic mass is 16.4. The van der Waals surface area contributed by atoms with E-state index in [0.29, 0.717) is 6.42 Å². The maximum atomic E-state index is 10.6. The van der Waals surface area contributed by atoms with Gasteiger partial charge in [-0.3, -0.25) is 0 Å². The summed E-state index contributed by atoms with van der Waals surface area (Å²) >= 11 is 0. The lowest BCUT2D eigenvalue weighted by molar-refractivity contribution is 0.0697. The van der Waals surface area contributed by atoms with E-state index in [1.807, 2.05) is 0 Å². The fourth-order valence-electron chi connectivity index (χ4n) is 1.42. The van der Waals surface area contributed by atoms with Gasteiger partial charge in [-0.15, -0.1) is 0 Å². The SMILES string of the molecule is O=C(O)c1ccc(C(CO)CCO)cc1. The Balaban J connectivity index is 2.81. The number of aliphatic hydroxyl groups excluding tert-OH is 2. The zero-order valence-electron chi connectivity index (χ0n) is 8.26. The summed E-state index contributed by atoms with van der Waals surface area (Å²) in [5.74, 6) is -1.10. The standard InChI is InChI=1S/C11H14O4/c12-6-5-10(7-13)8-1-3-9(4-2-8)11(14)15/h1-4,10,12-13H,5-7H2,(H,14,15). The molecule has 0 bridgehead atoms. The fourth-order valence-corrected chi connectivity index (χ4v) is 1.42. The van der Waals surface area contributed by atoms with Crippen molar-refractivity contribution in [3.8, 4) is 0 Å². The summed E-state index contributed by atoms with van der Waals surface area (Å²) in [7, 11) is 0. The second-order valence-corrected chi connectivity index (χ2v) is 3.32. The van der Waals surface area contributed by atoms with Crippen molar-refractivity contribution in [2.75, 3.05) is 13.2 Å². The number of aliphatic hydroxyl groups is 2. The third kappa shape index (κ3) is 3.04. The average molecular weight is 210 g/mol. The summed E-state index contributed by atoms with van der Waals surface area (Å²) in [6, 6.07) is 6.33. The maximum absolute atomic E-state index is 10.6. The molecule has 0 spiro atoms. The van der Waals surface area contributed by atoms with Crippen LogP contribution in [0.1, 0.15) is 28.3 Å². The van der Waals surface area contributed by atoms with Gasteiger partial charge in [0.25, 0.3) is 0 Å². The van der Waals surface area contributed by atoms with Crippen molar-refractivity contribution in [2.24, 2.45) is 0 Å². The highest BCUT2D eigenvalue weighted by Gasteiger charge is 2.10. The molecule has 1 aromatic rings. The minimum Gasteiger partial charge on any atom is -0.478 e. The first-order chi connectivity index (χ1) is 7.19. The van der Waals surface area contributed by atoms with Crippen molar-refractivity contribution < 1.29 is 20.1 Å². The van der Waals surface area contributed by atoms with Crippen molar-refractivity contribution in [2.45, 2.75) is 12.3 Å². The second kappa shape index (κ2) is 5.48. The number of carboxylic acids is 1. The van der Waals surface area contributed by atoms with Gasteiger partial charge in [0.15, 0.2) is 0 Å². The molecule has 1 aromatic carbocycles. The molecule has 0 radical (unpaired) electrons. The third-order valence-electron chi connectivity index (χ3n) is 2.33. The van der Waals surface area contributed by atoms with Gasteiger partial charge in [0.2, 0.25) is 0 Å². The average Bonchev–Trinajstić information content (AvgIpc) is 2.26. The van der Waals surface area contributed by atoms with Crippen LogP contribution in [-0.4, -0.2) is 34.5 Å². The number of carboxylic acid groups (broad SMARTS) is 1. The Morgan fingerprint density at radius 1 is 1.20 bits per heavy atom. The fraction of sp³-hybridized carbons (Fsp3) is 0.364. The molecule has 0 saturated carbocycles. The first-order valence-corrected chi connectivity index (χ1v) is 4.74. The van der Waals surface area contributed by atoms with E-state index >= 15 is 0 Å². The van der Waals surface area contributed by atoms with Crippen LogP contribution in [0.15, 0.2) is 24.3 Å². The molecular formula is C11H14O4. The van der Waals surface area contributed by atoms with E-state index < -0.39 is 5.97 Å². The first kappa shape index (κ1) is 11.7. The van der Waals surface area contributed by atoms with Crippen LogP contribution in [0.2, 0.25) is 0 Å². The predicted molar refractivity (Wildman–Crippen MR) is 54.9 cm³/mol. The minimum absolute atomic E-state index is 0.00586. The number of rotatable bonds is 5. The zero-order chi connectivity index (χ0) is 11.3. The van der Waals surface area contributed by atoms with E-state index in [1.54, 1.807) is 12.1 Å². The molecular weight excluding hydrogens is 196 g/mol. The molecule has 1 unspecified atom stereocenters. The van der Waals surface area contributed by atoms with E-state index in [1.165, 1.54) is 12.1 Å². The van der Waals surface area contributed by atoms with Gasteiger partial charge in [0.05, 0.1) is 12.2 Å². The first-order valence-electron chi connectivity index (χ1n) is 4.74. The van der Waals surface area contributed by atoms with Crippen molar-refractivity contribution in [1.29, 1.82) is 0 Å². The predicted octanol–water partition coefficient (Wildman–Crippen LogP) is 0.843. The Kier molecular flexibility index (Phi) is 4.27. The number of hydrogen-bond donors (Lipinski definition) is 3. The molecule has 0 aliphatic rings. The summed E-state index contributed by atoms with van der Waals surface area (Å²) < 4.78 is 0. The molecule has 0 aliphatic carbocycles. The molecule has 4 heteroatoms. The van der Waals surface area contributed by atoms with Gasteiger partial charge in [-0.05, 0) is 24.1 Å². The van der Waals surface area contributed by atoms with E-state index in [0.717, 1.165) is 5.56 Å². The molecule has 0 aliphatic heterocycles. The van der Waals surface area contributed by atoms with Gasteiger partial charge in [0.1, 0.15) is 0 Å². The van der Waals surface area contributed by atoms with Gasteiger partial charge in [-0.2, -0.15) is 0 Å². The number of benzene rings is 1. The molecule has 0 aromatic heterocycles. The van der Waals surface area contributed by atoms with Crippen LogP contribution in [0.25, 0.3) is 0 Å². The monoisotopic (exact) mass is 210 g/mol. The van der Waals surface area contributed by atoms with Crippen LogP contribution in [-0.2, 0) is 0 Å². The van der Waals surface area contributed by atoms with Crippen LogP contribution < -0.4 is 0 Å². The Labute approximate surface area is 87.8 Å². The van der Waals surface area contributed by atoms with Crippen molar-refractivity contribution >= 4 is 5.97 Å². The molecule has 1 atom stereocenters. The van der Waals surface area contributed by atoms with Crippen LogP contribution in [0.4, 0.5) is 0 Å². The summed E-state index contributed by atoms with van der Waals surface area (Å²) in [4.78, 5) is 10.6. The van der Waals surface area contributed by atoms with Crippen LogP contribution in [0, 0.1) is 0 Å². The van der Waals surface area contributed by atoms with Gasteiger partial charge < -0.3 is 15.3 Å². The minimum atomic E-state index is -0.968. The van der Waals surface area contributed by atoms with Gasteiger partial charge in [0, 0.05) is 12.5 Å². The van der Waals surface area contributed by atoms with Crippen LogP contribution in [0.3, 0.4) is 0 Å². The molecule has 3 N–H and O–H groups in total. The summed E-state index contributed by atoms with van der Waals surface area (Å²) in [5, 5.41) is 26.5. The summed E-state index contributed by atoms with van der Waals surface area (Å²) in [6.07, 6.45) is 0.475. The Morgan fingerprint density at radius 3 is 2.20 bits per heavy atom. The second-order valence-electron chi connectivity index (χ2n) is 3.32. The molecule has 1 rings (SSSR count). The topological polar surface area (TPSA) is 77.8 Å². The van der Waals surface area contributed by atoms with Crippen molar-refractivity contribution in [1.82, 2.24) is 0 Å². The van der Waals surface area contributed by atoms with E-state index in [-0.39, 0.29) is 24.7 Å². The number of hydrogen-bond acceptors (Lipinski definition) is 3. The largest absolute Gasteiger partial charge is 0.478 e. The molecule has 0 heterocycles. The lowest BCUT2D eigenvalue weighted by Crippen LogP contribution is -2.07. The highest BCUT2D eigenvalue weighted by molar-refractivity contribution is 5.87. The molecule has 15 heavy (non-hydrogen) atoms. The maximum Gasteiger partial charge on any atom is 0.335 e. The lowest BCUT2D eigenvalue weighted by atomic mass is 9.96. The van der Waals surface area contributed by atoms with E-state index in [9.17, 15) is 4.79 Å². The van der Waals surface area contributed by atoms with E-state index in [4.69, 9.17) is 15.3 Å². The smallest absolute Gasteiger partial charge is 0.335 e. The molecule has 0 fully saturated rings. The molecule has 0 amide bonds. The van der Waals surface area contributed by atoms with Gasteiger partial charge >= 0.3 is 5.97 Å². The zero-order valence-corrected chi connectivity index (χ0v) is 8.26. The van der Waals surface area contributed by atoms with Gasteiger partial charge in [-0.1, -0.05) is 12.1 Å². The molecule has 82 valence electrons. The summed E-state index contributed by atoms with van der Waals surface area (Å²) in [6.45, 7) is -0.0428. The third-order valence-corrected chi connectivity index (χ3v) is 2.33. The quantitative estimate of drug-likeness (QED) is 0.673. The molecule has 0 saturated heterocycles.